The van der Waals surface area contributed by atoms with Gasteiger partial charge in [-0.25, -0.2) is 9.97 Å². The zero-order valence-electron chi connectivity index (χ0n) is 23.8. The number of piperidine rings is 1. The van der Waals surface area contributed by atoms with E-state index < -0.39 is 0 Å². The highest BCUT2D eigenvalue weighted by Crippen LogP contribution is 2.26. The number of rotatable bonds is 12. The summed E-state index contributed by atoms with van der Waals surface area (Å²) in [6.45, 7) is 9.00. The number of ether oxygens (including phenoxy) is 1. The summed E-state index contributed by atoms with van der Waals surface area (Å²) in [5.74, 6) is 1.29. The van der Waals surface area contributed by atoms with Gasteiger partial charge in [-0.3, -0.25) is 9.59 Å². The molecule has 4 rings (SSSR count). The fourth-order valence-corrected chi connectivity index (χ4v) is 6.57. The third kappa shape index (κ3) is 8.05. The van der Waals surface area contributed by atoms with Crippen LogP contribution in [-0.4, -0.2) is 76.2 Å². The number of nitrogens with one attached hydrogen (secondary N) is 1. The highest BCUT2D eigenvalue weighted by molar-refractivity contribution is 8.00. The summed E-state index contributed by atoms with van der Waals surface area (Å²) in [5.41, 5.74) is 3.15. The quantitative estimate of drug-likeness (QED) is 0.303. The Balaban J connectivity index is 1.28. The predicted molar refractivity (Wildman–Crippen MR) is 161 cm³/mol. The molecule has 1 N–H and O–H groups in total. The Labute approximate surface area is 245 Å². The SMILES string of the molecule is COc1ccc(SCC(=O)N(Cc2ccsc2)C2CCN(C(C)CCNC(=O)c3c(C)ncnc3C)CC2)cc1. The Morgan fingerprint density at radius 2 is 1.85 bits per heavy atom. The second-order valence-electron chi connectivity index (χ2n) is 10.2. The Morgan fingerprint density at radius 1 is 1.15 bits per heavy atom. The van der Waals surface area contributed by atoms with Gasteiger partial charge in [0.1, 0.15) is 12.1 Å². The van der Waals surface area contributed by atoms with Crippen molar-refractivity contribution in [3.05, 3.63) is 69.9 Å². The zero-order chi connectivity index (χ0) is 28.5. The maximum absolute atomic E-state index is 13.5. The monoisotopic (exact) mass is 581 g/mol. The predicted octanol–water partition coefficient (Wildman–Crippen LogP) is 4.96. The molecule has 2 aromatic heterocycles. The van der Waals surface area contributed by atoms with Gasteiger partial charge in [-0.05, 0) is 86.7 Å². The van der Waals surface area contributed by atoms with Crippen LogP contribution in [0.5, 0.6) is 5.75 Å². The van der Waals surface area contributed by atoms with Crippen LogP contribution in [0.4, 0.5) is 0 Å². The fourth-order valence-electron chi connectivity index (χ4n) is 5.13. The summed E-state index contributed by atoms with van der Waals surface area (Å²) >= 11 is 3.24. The van der Waals surface area contributed by atoms with Crippen LogP contribution in [0.15, 0.2) is 52.3 Å². The number of carbonyl (C=O) groups is 2. The molecule has 1 unspecified atom stereocenters. The molecule has 2 amide bonds. The van der Waals surface area contributed by atoms with Gasteiger partial charge in [0.15, 0.2) is 0 Å². The smallest absolute Gasteiger partial charge is 0.254 e. The number of aromatic nitrogens is 2. The van der Waals surface area contributed by atoms with Crippen LogP contribution in [0.1, 0.15) is 53.5 Å². The third-order valence-corrected chi connectivity index (χ3v) is 9.27. The first-order valence-electron chi connectivity index (χ1n) is 13.7. The molecule has 3 heterocycles. The van der Waals surface area contributed by atoms with Crippen LogP contribution in [-0.2, 0) is 11.3 Å². The zero-order valence-corrected chi connectivity index (χ0v) is 25.4. The van der Waals surface area contributed by atoms with Gasteiger partial charge in [0.25, 0.3) is 5.91 Å². The lowest BCUT2D eigenvalue weighted by atomic mass is 10.00. The van der Waals surface area contributed by atoms with Gasteiger partial charge < -0.3 is 19.9 Å². The Hall–Kier alpha value is -2.95. The normalized spacial score (nSPS) is 15.0. The molecule has 8 nitrogen and oxygen atoms in total. The molecule has 3 aromatic rings. The molecule has 10 heteroatoms. The minimum Gasteiger partial charge on any atom is -0.497 e. The van der Waals surface area contributed by atoms with Crippen LogP contribution in [0.2, 0.25) is 0 Å². The van der Waals surface area contributed by atoms with E-state index in [-0.39, 0.29) is 17.9 Å². The topological polar surface area (TPSA) is 87.7 Å². The summed E-state index contributed by atoms with van der Waals surface area (Å²) in [6.07, 6.45) is 4.24. The molecule has 0 saturated carbocycles. The number of benzene rings is 1. The number of thiophene rings is 1. The van der Waals surface area contributed by atoms with Crippen molar-refractivity contribution >= 4 is 34.9 Å². The van der Waals surface area contributed by atoms with Crippen molar-refractivity contribution in [1.82, 2.24) is 25.1 Å². The van der Waals surface area contributed by atoms with Gasteiger partial charge in [0.05, 0.1) is 29.8 Å². The minimum absolute atomic E-state index is 0.114. The van der Waals surface area contributed by atoms with Crippen molar-refractivity contribution in [3.63, 3.8) is 0 Å². The third-order valence-electron chi connectivity index (χ3n) is 7.54. The van der Waals surface area contributed by atoms with E-state index in [1.165, 1.54) is 11.9 Å². The maximum atomic E-state index is 13.5. The standard InChI is InChI=1S/C30H39N5O3S2/c1-21(9-13-31-30(37)29-22(2)32-20-33-23(29)3)34-14-10-25(11-15-34)35(17-24-12-16-39-18-24)28(36)19-40-27-7-5-26(38-4)6-8-27/h5-8,12,16,18,20-21,25H,9-11,13-15,17,19H2,1-4H3,(H,31,37). The lowest BCUT2D eigenvalue weighted by Crippen LogP contribution is -2.49. The van der Waals surface area contributed by atoms with E-state index in [1.807, 2.05) is 38.1 Å². The van der Waals surface area contributed by atoms with E-state index in [0.717, 1.165) is 43.0 Å². The number of carbonyl (C=O) groups excluding carboxylic acids is 2. The van der Waals surface area contributed by atoms with Gasteiger partial charge in [-0.15, -0.1) is 11.8 Å². The molecule has 0 radical (unpaired) electrons. The van der Waals surface area contributed by atoms with Gasteiger partial charge in [0, 0.05) is 43.2 Å². The fraction of sp³-hybridized carbons (Fsp3) is 0.467. The van der Waals surface area contributed by atoms with Crippen molar-refractivity contribution in [3.8, 4) is 5.75 Å². The van der Waals surface area contributed by atoms with Crippen LogP contribution in [0.25, 0.3) is 0 Å². The molecule has 1 fully saturated rings. The van der Waals surface area contributed by atoms with Crippen molar-refractivity contribution in [2.45, 2.75) is 63.6 Å². The van der Waals surface area contributed by atoms with Gasteiger partial charge in [-0.2, -0.15) is 11.3 Å². The number of hydrogen-bond donors (Lipinski definition) is 1. The first-order valence-corrected chi connectivity index (χ1v) is 15.7. The lowest BCUT2D eigenvalue weighted by molar-refractivity contribution is -0.132. The Bertz CT molecular complexity index is 1220. The number of aryl methyl sites for hydroxylation is 2. The van der Waals surface area contributed by atoms with E-state index in [1.54, 1.807) is 30.2 Å². The summed E-state index contributed by atoms with van der Waals surface area (Å²) in [4.78, 5) is 40.1. The Kier molecular flexibility index (Phi) is 11.0. The van der Waals surface area contributed by atoms with Crippen molar-refractivity contribution in [1.29, 1.82) is 0 Å². The molecule has 0 bridgehead atoms. The van der Waals surface area contributed by atoms with E-state index in [0.29, 0.717) is 41.8 Å². The second kappa shape index (κ2) is 14.6. The summed E-state index contributed by atoms with van der Waals surface area (Å²) in [6, 6.07) is 10.5. The number of thioether (sulfide) groups is 1. The first-order chi connectivity index (χ1) is 19.4. The largest absolute Gasteiger partial charge is 0.497 e. The molecule has 0 spiro atoms. The highest BCUT2D eigenvalue weighted by atomic mass is 32.2. The summed E-state index contributed by atoms with van der Waals surface area (Å²) in [7, 11) is 1.65. The molecular weight excluding hydrogens is 542 g/mol. The number of methoxy groups -OCH3 is 1. The van der Waals surface area contributed by atoms with Gasteiger partial charge in [0.2, 0.25) is 5.91 Å². The molecule has 1 aliphatic rings. The van der Waals surface area contributed by atoms with Crippen LogP contribution < -0.4 is 10.1 Å². The van der Waals surface area contributed by atoms with Crippen LogP contribution >= 0.6 is 23.1 Å². The van der Waals surface area contributed by atoms with Crippen molar-refractivity contribution in [2.75, 3.05) is 32.5 Å². The molecule has 1 saturated heterocycles. The number of nitrogens with zero attached hydrogens (tertiary/aromatic N) is 4. The number of likely N-dealkylation sites (tertiary alicyclic amines) is 1. The number of hydrogen-bond acceptors (Lipinski definition) is 8. The summed E-state index contributed by atoms with van der Waals surface area (Å²) in [5, 5.41) is 7.25. The van der Waals surface area contributed by atoms with Gasteiger partial charge >= 0.3 is 0 Å². The van der Waals surface area contributed by atoms with Crippen molar-refractivity contribution < 1.29 is 14.3 Å². The molecule has 214 valence electrons. The van der Waals surface area contributed by atoms with Crippen molar-refractivity contribution in [2.24, 2.45) is 0 Å². The molecule has 1 atom stereocenters. The maximum Gasteiger partial charge on any atom is 0.254 e. The average molecular weight is 582 g/mol. The highest BCUT2D eigenvalue weighted by Gasteiger charge is 2.30. The number of amides is 2. The van der Waals surface area contributed by atoms with E-state index in [2.05, 4.69) is 48.8 Å². The first kappa shape index (κ1) is 30.0. The van der Waals surface area contributed by atoms with Crippen LogP contribution in [0, 0.1) is 13.8 Å². The average Bonchev–Trinajstić information content (AvgIpc) is 3.48. The molecule has 40 heavy (non-hydrogen) atoms. The molecule has 1 aromatic carbocycles. The van der Waals surface area contributed by atoms with Crippen LogP contribution in [0.3, 0.4) is 0 Å². The van der Waals surface area contributed by atoms with E-state index in [9.17, 15) is 9.59 Å². The lowest BCUT2D eigenvalue weighted by Gasteiger charge is -2.41. The Morgan fingerprint density at radius 3 is 2.48 bits per heavy atom. The molecular formula is C30H39N5O3S2. The van der Waals surface area contributed by atoms with E-state index in [4.69, 9.17) is 4.74 Å². The minimum atomic E-state index is -0.114. The molecule has 0 aliphatic carbocycles. The summed E-state index contributed by atoms with van der Waals surface area (Å²) < 4.78 is 5.24. The molecule has 1 aliphatic heterocycles. The van der Waals surface area contributed by atoms with E-state index >= 15 is 0 Å². The second-order valence-corrected chi connectivity index (χ2v) is 12.0. The van der Waals surface area contributed by atoms with Gasteiger partial charge in [-0.1, -0.05) is 0 Å².